The minimum absolute atomic E-state index is 1.24. The Kier molecular flexibility index (Phi) is 2.86. The van der Waals surface area contributed by atoms with E-state index >= 15 is 0 Å². The molecule has 0 aromatic heterocycles. The fourth-order valence-corrected chi connectivity index (χ4v) is 1.86. The van der Waals surface area contributed by atoms with Crippen LogP contribution in [0.25, 0.3) is 10.8 Å². The van der Waals surface area contributed by atoms with Crippen molar-refractivity contribution in [1.29, 1.82) is 0 Å². The predicted octanol–water partition coefficient (Wildman–Crippen LogP) is 3.35. The molecule has 2 rings (SSSR count). The largest absolute Gasteiger partial charge is 0.208 e. The topological polar surface area (TPSA) is 3.01 Å². The second kappa shape index (κ2) is 4.31. The Morgan fingerprint density at radius 1 is 1.12 bits per heavy atom. The molecule has 0 N–H and O–H groups in total. The second-order valence-electron chi connectivity index (χ2n) is 3.98. The van der Waals surface area contributed by atoms with Crippen molar-refractivity contribution < 1.29 is 4.58 Å². The molecule has 0 unspecified atom stereocenters. The Bertz CT molecular complexity index is 565. The van der Waals surface area contributed by atoms with Gasteiger partial charge in [0.25, 0.3) is 0 Å². The highest BCUT2D eigenvalue weighted by molar-refractivity contribution is 5.93. The number of fused-ring (bicyclic) bond motifs is 1. The van der Waals surface area contributed by atoms with E-state index in [1.807, 2.05) is 11.6 Å². The third-order valence-corrected chi connectivity index (χ3v) is 2.87. The number of rotatable bonds is 2. The van der Waals surface area contributed by atoms with Gasteiger partial charge >= 0.3 is 0 Å². The second-order valence-corrected chi connectivity index (χ2v) is 3.98. The molecule has 0 amide bonds. The zero-order chi connectivity index (χ0) is 11.5. The third kappa shape index (κ3) is 1.89. The summed E-state index contributed by atoms with van der Waals surface area (Å²) in [4.78, 5) is 0. The summed E-state index contributed by atoms with van der Waals surface area (Å²) in [6.07, 6.45) is 3.89. The van der Waals surface area contributed by atoms with Gasteiger partial charge in [-0.05, 0) is 35.9 Å². The lowest BCUT2D eigenvalue weighted by Crippen LogP contribution is -2.00. The summed E-state index contributed by atoms with van der Waals surface area (Å²) in [5.41, 5.74) is 2.55. The van der Waals surface area contributed by atoms with Crippen molar-refractivity contribution in [3.05, 3.63) is 60.3 Å². The van der Waals surface area contributed by atoms with Crippen LogP contribution in [0, 0.1) is 6.92 Å². The lowest BCUT2D eigenvalue weighted by atomic mass is 10.0. The normalized spacial score (nSPS) is 11.8. The quantitative estimate of drug-likeness (QED) is 0.528. The Hall–Kier alpha value is -1.89. The lowest BCUT2D eigenvalue weighted by Gasteiger charge is -2.04. The van der Waals surface area contributed by atoms with Gasteiger partial charge in [-0.3, -0.25) is 0 Å². The molecule has 2 aromatic carbocycles. The van der Waals surface area contributed by atoms with Gasteiger partial charge in [-0.1, -0.05) is 30.3 Å². The van der Waals surface area contributed by atoms with Gasteiger partial charge in [0.2, 0.25) is 0 Å². The summed E-state index contributed by atoms with van der Waals surface area (Å²) in [7, 11) is 1.99. The van der Waals surface area contributed by atoms with Crippen LogP contribution in [0.15, 0.2) is 49.2 Å². The molecule has 0 aliphatic rings. The van der Waals surface area contributed by atoms with Crippen LogP contribution in [-0.2, 0) is 0 Å². The molecule has 0 atom stereocenters. The number of aryl methyl sites for hydroxylation is 1. The van der Waals surface area contributed by atoms with Crippen molar-refractivity contribution in [1.82, 2.24) is 0 Å². The molecule has 0 aliphatic heterocycles. The monoisotopic (exact) mass is 210 g/mol. The van der Waals surface area contributed by atoms with Gasteiger partial charge in [-0.15, -0.1) is 0 Å². The summed E-state index contributed by atoms with van der Waals surface area (Å²) < 4.78 is 1.97. The highest BCUT2D eigenvalue weighted by Crippen LogP contribution is 2.20. The van der Waals surface area contributed by atoms with Crippen LogP contribution in [0.2, 0.25) is 0 Å². The minimum Gasteiger partial charge on any atom is -0.208 e. The summed E-state index contributed by atoms with van der Waals surface area (Å²) in [5.74, 6) is 0. The molecular formula is C15H16N+. The fourth-order valence-electron chi connectivity index (χ4n) is 1.86. The standard InChI is InChI=1S/C15H16N/c1-4-16(3)11-14-10-9-13-7-5-6-8-15(13)12(14)2/h4-11H,1H2,2-3H3/q+1. The Morgan fingerprint density at radius 3 is 2.62 bits per heavy atom. The van der Waals surface area contributed by atoms with Gasteiger partial charge in [0.1, 0.15) is 7.05 Å². The SMILES string of the molecule is C=C[N+](C)=Cc1ccc2ccccc2c1C. The smallest absolute Gasteiger partial charge is 0.176 e. The molecule has 16 heavy (non-hydrogen) atoms. The van der Waals surface area contributed by atoms with Crippen molar-refractivity contribution in [2.75, 3.05) is 7.05 Å². The molecule has 2 aromatic rings. The first-order chi connectivity index (χ1) is 7.72. The summed E-state index contributed by atoms with van der Waals surface area (Å²) >= 11 is 0. The number of nitrogens with zero attached hydrogens (tertiary/aromatic N) is 1. The molecule has 1 heteroatoms. The lowest BCUT2D eigenvalue weighted by molar-refractivity contribution is -0.415. The summed E-state index contributed by atoms with van der Waals surface area (Å²) in [5, 5.41) is 2.60. The molecule has 0 spiro atoms. The third-order valence-electron chi connectivity index (χ3n) is 2.87. The van der Waals surface area contributed by atoms with Crippen LogP contribution >= 0.6 is 0 Å². The zero-order valence-corrected chi connectivity index (χ0v) is 9.77. The van der Waals surface area contributed by atoms with E-state index in [0.29, 0.717) is 0 Å². The predicted molar refractivity (Wildman–Crippen MR) is 70.2 cm³/mol. The first kappa shape index (κ1) is 10.6. The van der Waals surface area contributed by atoms with Crippen LogP contribution in [0.4, 0.5) is 0 Å². The molecule has 80 valence electrons. The van der Waals surface area contributed by atoms with Gasteiger partial charge in [-0.2, -0.15) is 0 Å². The van der Waals surface area contributed by atoms with E-state index in [1.54, 1.807) is 6.20 Å². The molecule has 0 saturated carbocycles. The van der Waals surface area contributed by atoms with Crippen LogP contribution in [0.3, 0.4) is 0 Å². The first-order valence-corrected chi connectivity index (χ1v) is 5.40. The Morgan fingerprint density at radius 2 is 1.88 bits per heavy atom. The van der Waals surface area contributed by atoms with E-state index in [-0.39, 0.29) is 0 Å². The zero-order valence-electron chi connectivity index (χ0n) is 9.77. The van der Waals surface area contributed by atoms with Crippen molar-refractivity contribution in [2.45, 2.75) is 6.92 Å². The van der Waals surface area contributed by atoms with E-state index in [2.05, 4.69) is 56.1 Å². The highest BCUT2D eigenvalue weighted by atomic mass is 14.9. The number of benzene rings is 2. The van der Waals surface area contributed by atoms with Gasteiger partial charge in [0, 0.05) is 5.56 Å². The molecule has 0 aliphatic carbocycles. The van der Waals surface area contributed by atoms with Crippen LogP contribution < -0.4 is 0 Å². The Balaban J connectivity index is 2.65. The first-order valence-electron chi connectivity index (χ1n) is 5.40. The molecule has 0 heterocycles. The number of hydrogen-bond acceptors (Lipinski definition) is 0. The van der Waals surface area contributed by atoms with Crippen LogP contribution in [-0.4, -0.2) is 17.8 Å². The molecule has 0 radical (unpaired) electrons. The minimum atomic E-state index is 1.24. The van der Waals surface area contributed by atoms with E-state index in [1.165, 1.54) is 21.9 Å². The van der Waals surface area contributed by atoms with Gasteiger partial charge in [0.15, 0.2) is 12.4 Å². The Labute approximate surface area is 96.4 Å². The van der Waals surface area contributed by atoms with E-state index in [4.69, 9.17) is 0 Å². The van der Waals surface area contributed by atoms with E-state index < -0.39 is 0 Å². The summed E-state index contributed by atoms with van der Waals surface area (Å²) in [6.45, 7) is 5.90. The highest BCUT2D eigenvalue weighted by Gasteiger charge is 2.03. The molecular weight excluding hydrogens is 194 g/mol. The molecule has 0 fully saturated rings. The summed E-state index contributed by atoms with van der Waals surface area (Å²) in [6, 6.07) is 12.8. The van der Waals surface area contributed by atoms with Gasteiger partial charge in [-0.25, -0.2) is 4.58 Å². The average Bonchev–Trinajstić information content (AvgIpc) is 2.33. The van der Waals surface area contributed by atoms with E-state index in [9.17, 15) is 0 Å². The molecule has 0 saturated heterocycles. The molecule has 0 bridgehead atoms. The van der Waals surface area contributed by atoms with Crippen molar-refractivity contribution in [3.63, 3.8) is 0 Å². The fraction of sp³-hybridized carbons (Fsp3) is 0.133. The van der Waals surface area contributed by atoms with Crippen molar-refractivity contribution in [3.8, 4) is 0 Å². The van der Waals surface area contributed by atoms with Gasteiger partial charge in [0.05, 0.1) is 0 Å². The van der Waals surface area contributed by atoms with Crippen LogP contribution in [0.5, 0.6) is 0 Å². The van der Waals surface area contributed by atoms with E-state index in [0.717, 1.165) is 0 Å². The number of hydrogen-bond donors (Lipinski definition) is 0. The average molecular weight is 210 g/mol. The van der Waals surface area contributed by atoms with Crippen LogP contribution in [0.1, 0.15) is 11.1 Å². The van der Waals surface area contributed by atoms with Crippen molar-refractivity contribution >= 4 is 17.0 Å². The molecule has 1 nitrogen and oxygen atoms in total. The maximum Gasteiger partial charge on any atom is 0.176 e. The van der Waals surface area contributed by atoms with Gasteiger partial charge < -0.3 is 0 Å². The maximum atomic E-state index is 3.74. The van der Waals surface area contributed by atoms with Crippen molar-refractivity contribution in [2.24, 2.45) is 0 Å². The maximum absolute atomic E-state index is 3.74.